The Balaban J connectivity index is 1.37. The van der Waals surface area contributed by atoms with Crippen LogP contribution in [0.3, 0.4) is 0 Å². The minimum Gasteiger partial charge on any atom is -0.449 e. The molecule has 0 spiro atoms. The lowest BCUT2D eigenvalue weighted by molar-refractivity contribution is 0.122. The fourth-order valence-electron chi connectivity index (χ4n) is 4.11. The number of hydrogen-bond acceptors (Lipinski definition) is 3. The van der Waals surface area contributed by atoms with E-state index in [-0.39, 0.29) is 6.09 Å². The van der Waals surface area contributed by atoms with Gasteiger partial charge in [-0.15, -0.1) is 0 Å². The second-order valence-corrected chi connectivity index (χ2v) is 7.11. The van der Waals surface area contributed by atoms with E-state index in [1.54, 1.807) is 0 Å². The number of piperidine rings is 1. The summed E-state index contributed by atoms with van der Waals surface area (Å²) in [7, 11) is 0. The molecule has 2 aromatic carbocycles. The minimum atomic E-state index is -0.366. The highest BCUT2D eigenvalue weighted by Crippen LogP contribution is 2.31. The van der Waals surface area contributed by atoms with Gasteiger partial charge < -0.3 is 10.1 Å². The zero-order chi connectivity index (χ0) is 17.1. The molecule has 0 aromatic heterocycles. The zero-order valence-electron chi connectivity index (χ0n) is 14.3. The van der Waals surface area contributed by atoms with Crippen LogP contribution in [0.15, 0.2) is 54.6 Å². The molecule has 4 heteroatoms. The van der Waals surface area contributed by atoms with Gasteiger partial charge in [-0.3, -0.25) is 5.32 Å². The van der Waals surface area contributed by atoms with Gasteiger partial charge in [-0.2, -0.15) is 0 Å². The van der Waals surface area contributed by atoms with Crippen molar-refractivity contribution in [2.75, 3.05) is 11.9 Å². The number of benzene rings is 2. The van der Waals surface area contributed by atoms with E-state index in [1.165, 1.54) is 12.8 Å². The lowest BCUT2D eigenvalue weighted by atomic mass is 9.93. The summed E-state index contributed by atoms with van der Waals surface area (Å²) in [6.07, 6.45) is 4.39. The van der Waals surface area contributed by atoms with E-state index in [9.17, 15) is 4.79 Å². The molecule has 4 rings (SSSR count). The van der Waals surface area contributed by atoms with E-state index in [1.807, 2.05) is 54.6 Å². The van der Waals surface area contributed by atoms with Crippen LogP contribution in [0.5, 0.6) is 0 Å². The molecule has 0 saturated carbocycles. The largest absolute Gasteiger partial charge is 0.449 e. The molecule has 2 aliphatic heterocycles. The summed E-state index contributed by atoms with van der Waals surface area (Å²) in [5.41, 5.74) is 2.86. The number of ether oxygens (including phenoxy) is 1. The molecule has 2 fully saturated rings. The van der Waals surface area contributed by atoms with Gasteiger partial charge in [-0.05, 0) is 43.2 Å². The Labute approximate surface area is 148 Å². The second-order valence-electron chi connectivity index (χ2n) is 7.11. The summed E-state index contributed by atoms with van der Waals surface area (Å²) in [5, 5.41) is 6.53. The lowest BCUT2D eigenvalue weighted by Crippen LogP contribution is -2.39. The molecular formula is C21H24N2O2. The van der Waals surface area contributed by atoms with Crippen LogP contribution in [0, 0.1) is 5.92 Å². The number of anilines is 1. The van der Waals surface area contributed by atoms with Crippen molar-refractivity contribution in [1.29, 1.82) is 0 Å². The molecule has 25 heavy (non-hydrogen) atoms. The average Bonchev–Trinajstić information content (AvgIpc) is 2.99. The van der Waals surface area contributed by atoms with Crippen LogP contribution < -0.4 is 10.6 Å². The van der Waals surface area contributed by atoms with Crippen LogP contribution in [0.2, 0.25) is 0 Å². The second kappa shape index (κ2) is 7.28. The number of amides is 1. The fourth-order valence-corrected chi connectivity index (χ4v) is 4.11. The average molecular weight is 336 g/mol. The van der Waals surface area contributed by atoms with E-state index in [0.717, 1.165) is 29.7 Å². The van der Waals surface area contributed by atoms with Crippen LogP contribution in [0.4, 0.5) is 10.5 Å². The monoisotopic (exact) mass is 336 g/mol. The summed E-state index contributed by atoms with van der Waals surface area (Å²) in [6.45, 7) is 0.508. The van der Waals surface area contributed by atoms with Gasteiger partial charge in [0.05, 0.1) is 12.3 Å². The van der Waals surface area contributed by atoms with Crippen molar-refractivity contribution in [2.45, 2.75) is 37.8 Å². The highest BCUT2D eigenvalue weighted by Gasteiger charge is 2.33. The Morgan fingerprint density at radius 1 is 1.00 bits per heavy atom. The number of nitrogens with one attached hydrogen (secondary N) is 2. The van der Waals surface area contributed by atoms with E-state index in [2.05, 4.69) is 10.6 Å². The van der Waals surface area contributed by atoms with E-state index in [4.69, 9.17) is 4.74 Å². The molecule has 2 heterocycles. The Bertz CT molecular complexity index is 720. The summed E-state index contributed by atoms with van der Waals surface area (Å²) in [6, 6.07) is 19.1. The quantitative estimate of drug-likeness (QED) is 0.868. The smallest absolute Gasteiger partial charge is 0.411 e. The molecule has 0 radical (unpaired) electrons. The fraction of sp³-hybridized carbons (Fsp3) is 0.381. The molecular weight excluding hydrogens is 312 g/mol. The third-order valence-corrected chi connectivity index (χ3v) is 5.27. The maximum absolute atomic E-state index is 12.3. The normalized spacial score (nSPS) is 24.7. The maximum atomic E-state index is 12.3. The molecule has 130 valence electrons. The van der Waals surface area contributed by atoms with Crippen molar-refractivity contribution in [3.63, 3.8) is 0 Å². The predicted octanol–water partition coefficient (Wildman–Crippen LogP) is 4.43. The summed E-state index contributed by atoms with van der Waals surface area (Å²) < 4.78 is 5.52. The van der Waals surface area contributed by atoms with Gasteiger partial charge in [0.2, 0.25) is 0 Å². The first-order valence-electron chi connectivity index (χ1n) is 9.12. The van der Waals surface area contributed by atoms with Crippen LogP contribution in [-0.4, -0.2) is 24.8 Å². The minimum absolute atomic E-state index is 0.366. The number of carbonyl (C=O) groups excluding carboxylic acids is 1. The van der Waals surface area contributed by atoms with Crippen molar-refractivity contribution in [3.05, 3.63) is 54.6 Å². The molecule has 2 atom stereocenters. The number of hydrogen-bond donors (Lipinski definition) is 2. The first kappa shape index (κ1) is 16.2. The van der Waals surface area contributed by atoms with Gasteiger partial charge in [-0.25, -0.2) is 4.79 Å². The Morgan fingerprint density at radius 3 is 2.44 bits per heavy atom. The third-order valence-electron chi connectivity index (χ3n) is 5.27. The highest BCUT2D eigenvalue weighted by molar-refractivity contribution is 5.91. The van der Waals surface area contributed by atoms with Crippen molar-refractivity contribution < 1.29 is 9.53 Å². The topological polar surface area (TPSA) is 50.4 Å². The van der Waals surface area contributed by atoms with Gasteiger partial charge in [-0.1, -0.05) is 48.5 Å². The van der Waals surface area contributed by atoms with Crippen molar-refractivity contribution >= 4 is 11.8 Å². The predicted molar refractivity (Wildman–Crippen MR) is 99.5 cm³/mol. The van der Waals surface area contributed by atoms with E-state index in [0.29, 0.717) is 24.6 Å². The van der Waals surface area contributed by atoms with Crippen LogP contribution in [0.1, 0.15) is 25.7 Å². The Hall–Kier alpha value is -2.33. The third kappa shape index (κ3) is 3.85. The van der Waals surface area contributed by atoms with Gasteiger partial charge in [0.1, 0.15) is 0 Å². The van der Waals surface area contributed by atoms with Crippen LogP contribution in [-0.2, 0) is 4.74 Å². The molecule has 1 amide bonds. The van der Waals surface area contributed by atoms with E-state index >= 15 is 0 Å². The molecule has 2 N–H and O–H groups in total. The van der Waals surface area contributed by atoms with Gasteiger partial charge in [0.15, 0.2) is 0 Å². The summed E-state index contributed by atoms with van der Waals surface area (Å²) >= 11 is 0. The lowest BCUT2D eigenvalue weighted by Gasteiger charge is -2.28. The first-order valence-corrected chi connectivity index (χ1v) is 9.12. The Kier molecular flexibility index (Phi) is 4.70. The molecule has 4 nitrogen and oxygen atoms in total. The summed E-state index contributed by atoms with van der Waals surface area (Å²) in [4.78, 5) is 12.3. The summed E-state index contributed by atoms with van der Waals surface area (Å²) in [5.74, 6) is 0.480. The molecule has 0 aliphatic carbocycles. The van der Waals surface area contributed by atoms with Crippen LogP contribution >= 0.6 is 0 Å². The maximum Gasteiger partial charge on any atom is 0.411 e. The zero-order valence-corrected chi connectivity index (χ0v) is 14.3. The highest BCUT2D eigenvalue weighted by atomic mass is 16.5. The molecule has 2 aliphatic rings. The van der Waals surface area contributed by atoms with Crippen molar-refractivity contribution in [3.8, 4) is 11.1 Å². The molecule has 2 bridgehead atoms. The Morgan fingerprint density at radius 2 is 1.68 bits per heavy atom. The molecule has 2 unspecified atom stereocenters. The van der Waals surface area contributed by atoms with Gasteiger partial charge in [0.25, 0.3) is 0 Å². The van der Waals surface area contributed by atoms with Crippen LogP contribution in [0.25, 0.3) is 11.1 Å². The number of para-hydroxylation sites is 1. The number of rotatable bonds is 4. The van der Waals surface area contributed by atoms with E-state index < -0.39 is 0 Å². The van der Waals surface area contributed by atoms with Crippen molar-refractivity contribution in [2.24, 2.45) is 5.92 Å². The number of carbonyl (C=O) groups is 1. The molecule has 2 aromatic rings. The number of fused-ring (bicyclic) bond motifs is 2. The van der Waals surface area contributed by atoms with Gasteiger partial charge in [0, 0.05) is 17.6 Å². The SMILES string of the molecule is O=C(Nc1ccccc1-c1ccccc1)OCC1CC2CCC(C1)N2. The first-order chi connectivity index (χ1) is 12.3. The van der Waals surface area contributed by atoms with Crippen molar-refractivity contribution in [1.82, 2.24) is 5.32 Å². The molecule has 2 saturated heterocycles. The van der Waals surface area contributed by atoms with Gasteiger partial charge >= 0.3 is 6.09 Å². The standard InChI is InChI=1S/C21H24N2O2/c24-21(25-14-15-12-17-10-11-18(13-15)22-17)23-20-9-5-4-8-19(20)16-6-2-1-3-7-16/h1-9,15,17-18,22H,10-14H2,(H,23,24).